The van der Waals surface area contributed by atoms with Crippen molar-refractivity contribution in [1.29, 1.82) is 0 Å². The third-order valence-corrected chi connectivity index (χ3v) is 5.93. The number of rotatable bonds is 6. The number of fused-ring (bicyclic) bond motifs is 1. The van der Waals surface area contributed by atoms with Crippen molar-refractivity contribution < 1.29 is 17.9 Å². The number of thiazole rings is 1. The molecule has 0 aliphatic heterocycles. The number of aromatic nitrogens is 5. The minimum atomic E-state index is -1.63. The monoisotopic (exact) mass is 500 g/mol. The molecule has 3 aromatic heterocycles. The zero-order valence-electron chi connectivity index (χ0n) is 17.9. The van der Waals surface area contributed by atoms with Crippen LogP contribution in [0.3, 0.4) is 0 Å². The lowest BCUT2D eigenvalue weighted by Gasteiger charge is -2.16. The summed E-state index contributed by atoms with van der Waals surface area (Å²) in [7, 11) is 1.50. The Balaban J connectivity index is 1.67. The molecule has 13 heteroatoms. The largest absolute Gasteiger partial charge is 0.497 e. The van der Waals surface area contributed by atoms with Crippen molar-refractivity contribution in [2.75, 3.05) is 12.4 Å². The number of nitrogens with zero attached hydrogens (tertiary/aromatic N) is 5. The highest BCUT2D eigenvalue weighted by molar-refractivity contribution is 7.15. The van der Waals surface area contributed by atoms with Crippen LogP contribution in [0.1, 0.15) is 5.56 Å². The fourth-order valence-corrected chi connectivity index (χ4v) is 4.18. The zero-order valence-corrected chi connectivity index (χ0v) is 18.7. The minimum Gasteiger partial charge on any atom is -0.497 e. The molecule has 3 heterocycles. The van der Waals surface area contributed by atoms with Crippen LogP contribution in [0.25, 0.3) is 10.8 Å². The Morgan fingerprint density at radius 1 is 1.09 bits per heavy atom. The van der Waals surface area contributed by atoms with Crippen molar-refractivity contribution in [2.24, 2.45) is 0 Å². The molecule has 9 nitrogen and oxygen atoms in total. The molecule has 0 saturated heterocycles. The van der Waals surface area contributed by atoms with Gasteiger partial charge >= 0.3 is 11.4 Å². The summed E-state index contributed by atoms with van der Waals surface area (Å²) >= 11 is 1.30. The van der Waals surface area contributed by atoms with Gasteiger partial charge in [-0.25, -0.2) is 27.7 Å². The van der Waals surface area contributed by atoms with E-state index in [0.717, 1.165) is 21.3 Å². The number of benzene rings is 2. The van der Waals surface area contributed by atoms with Gasteiger partial charge in [-0.05, 0) is 42.0 Å². The van der Waals surface area contributed by atoms with Gasteiger partial charge in [0.1, 0.15) is 5.75 Å². The van der Waals surface area contributed by atoms with Crippen molar-refractivity contribution in [3.05, 3.63) is 98.2 Å². The van der Waals surface area contributed by atoms with Gasteiger partial charge in [0.15, 0.2) is 28.2 Å². The summed E-state index contributed by atoms with van der Waals surface area (Å²) in [4.78, 5) is 35.2. The average molecular weight is 500 g/mol. The molecule has 5 aromatic rings. The van der Waals surface area contributed by atoms with E-state index in [1.165, 1.54) is 29.0 Å². The quantitative estimate of drug-likeness (QED) is 0.360. The number of methoxy groups -OCH3 is 1. The van der Waals surface area contributed by atoms with E-state index < -0.39 is 35.4 Å². The molecule has 0 saturated carbocycles. The van der Waals surface area contributed by atoms with Gasteiger partial charge in [-0.15, -0.1) is 11.3 Å². The first kappa shape index (κ1) is 22.4. The number of nitrogens with one attached hydrogen (secondary N) is 1. The Morgan fingerprint density at radius 3 is 2.49 bits per heavy atom. The van der Waals surface area contributed by atoms with E-state index in [-0.39, 0.29) is 17.3 Å². The molecule has 0 unspecified atom stereocenters. The van der Waals surface area contributed by atoms with E-state index >= 15 is 0 Å². The van der Waals surface area contributed by atoms with Crippen LogP contribution in [-0.4, -0.2) is 30.6 Å². The number of imidazole rings is 1. The van der Waals surface area contributed by atoms with E-state index in [1.54, 1.807) is 35.8 Å². The smallest absolute Gasteiger partial charge is 0.360 e. The topological polar surface area (TPSA) is 95.4 Å². The fraction of sp³-hybridized carbons (Fsp3) is 0.0909. The Kier molecular flexibility index (Phi) is 5.61. The summed E-state index contributed by atoms with van der Waals surface area (Å²) in [6.45, 7) is -0.412. The van der Waals surface area contributed by atoms with Crippen LogP contribution in [0.2, 0.25) is 0 Å². The van der Waals surface area contributed by atoms with Crippen LogP contribution in [0, 0.1) is 17.5 Å². The first-order valence-corrected chi connectivity index (χ1v) is 10.9. The lowest BCUT2D eigenvalue weighted by Crippen LogP contribution is -2.42. The van der Waals surface area contributed by atoms with E-state index in [9.17, 15) is 22.8 Å². The van der Waals surface area contributed by atoms with Crippen molar-refractivity contribution in [3.63, 3.8) is 0 Å². The van der Waals surface area contributed by atoms with E-state index in [0.29, 0.717) is 16.4 Å². The first-order valence-electron chi connectivity index (χ1n) is 10.0. The molecule has 0 aliphatic rings. The summed E-state index contributed by atoms with van der Waals surface area (Å²) in [5.74, 6) is -3.90. The number of halogens is 3. The fourth-order valence-electron chi connectivity index (χ4n) is 3.49. The van der Waals surface area contributed by atoms with Crippen molar-refractivity contribution in [1.82, 2.24) is 23.5 Å². The molecule has 0 aliphatic carbocycles. The van der Waals surface area contributed by atoms with Gasteiger partial charge in [-0.3, -0.25) is 8.97 Å². The lowest BCUT2D eigenvalue weighted by atomic mass is 10.2. The van der Waals surface area contributed by atoms with E-state index in [1.807, 2.05) is 0 Å². The first-order chi connectivity index (χ1) is 16.9. The highest BCUT2D eigenvalue weighted by Crippen LogP contribution is 2.20. The second-order valence-corrected chi connectivity index (χ2v) is 8.19. The van der Waals surface area contributed by atoms with Crippen LogP contribution >= 0.6 is 11.3 Å². The molecule has 0 radical (unpaired) electrons. The second kappa shape index (κ2) is 8.76. The summed E-state index contributed by atoms with van der Waals surface area (Å²) in [6.07, 6.45) is 2.97. The molecule has 5 rings (SSSR count). The highest BCUT2D eigenvalue weighted by atomic mass is 32.1. The molecule has 178 valence electrons. The van der Waals surface area contributed by atoms with Crippen molar-refractivity contribution in [2.45, 2.75) is 6.54 Å². The molecule has 1 N–H and O–H groups in total. The third kappa shape index (κ3) is 4.05. The van der Waals surface area contributed by atoms with Gasteiger partial charge < -0.3 is 10.1 Å². The number of ether oxygens (including phenoxy) is 1. The van der Waals surface area contributed by atoms with Gasteiger partial charge in [0.25, 0.3) is 0 Å². The van der Waals surface area contributed by atoms with Gasteiger partial charge in [0, 0.05) is 17.3 Å². The molecule has 0 spiro atoms. The third-order valence-electron chi connectivity index (χ3n) is 5.16. The maximum absolute atomic E-state index is 13.9. The maximum Gasteiger partial charge on any atom is 0.360 e. The summed E-state index contributed by atoms with van der Waals surface area (Å²) in [5, 5.41) is 4.60. The average Bonchev–Trinajstić information content (AvgIpc) is 3.45. The van der Waals surface area contributed by atoms with Gasteiger partial charge in [0.05, 0.1) is 19.9 Å². The SMILES string of the molecule is COc1ccc(Nc2nc(=O)n(-c3cnc4sccn34)c(=O)n2Cc2cc(F)c(F)c(F)c2)cc1. The number of anilines is 2. The number of hydrogen-bond donors (Lipinski definition) is 1. The Morgan fingerprint density at radius 2 is 1.80 bits per heavy atom. The lowest BCUT2D eigenvalue weighted by molar-refractivity contribution is 0.415. The second-order valence-electron chi connectivity index (χ2n) is 7.32. The van der Waals surface area contributed by atoms with E-state index in [2.05, 4.69) is 15.3 Å². The Hall–Kier alpha value is -4.39. The van der Waals surface area contributed by atoms with Crippen LogP contribution in [0.15, 0.2) is 63.8 Å². The molecule has 2 aromatic carbocycles. The summed E-state index contributed by atoms with van der Waals surface area (Å²) in [6, 6.07) is 8.10. The zero-order chi connectivity index (χ0) is 24.7. The van der Waals surface area contributed by atoms with Crippen LogP contribution in [0.5, 0.6) is 5.75 Å². The molecule has 0 bridgehead atoms. The summed E-state index contributed by atoms with van der Waals surface area (Å²) < 4.78 is 49.6. The molecular weight excluding hydrogens is 485 g/mol. The summed E-state index contributed by atoms with van der Waals surface area (Å²) in [5.41, 5.74) is -1.34. The number of hydrogen-bond acceptors (Lipinski definition) is 7. The molecule has 0 amide bonds. The Bertz CT molecular complexity index is 1650. The molecule has 0 fully saturated rings. The molecular formula is C22H15F3N6O3S. The van der Waals surface area contributed by atoms with Crippen molar-refractivity contribution in [3.8, 4) is 11.6 Å². The van der Waals surface area contributed by atoms with E-state index in [4.69, 9.17) is 4.74 Å². The molecule has 0 atom stereocenters. The molecule has 35 heavy (non-hydrogen) atoms. The van der Waals surface area contributed by atoms with Crippen LogP contribution < -0.4 is 21.4 Å². The predicted octanol–water partition coefficient (Wildman–Crippen LogP) is 3.32. The van der Waals surface area contributed by atoms with Crippen LogP contribution in [0.4, 0.5) is 24.8 Å². The predicted molar refractivity (Wildman–Crippen MR) is 122 cm³/mol. The standard InChI is InChI=1S/C22H15F3N6O3S/c1-34-14-4-2-13(3-5-14)27-19-28-20(32)31(17-10-26-21-29(17)6-7-35-21)22(33)30(19)11-12-8-15(23)18(25)16(24)9-12/h2-10H,11H2,1H3,(H,27,28,32). The minimum absolute atomic E-state index is 0.0535. The Labute approximate surface area is 198 Å². The normalized spacial score (nSPS) is 11.2. The highest BCUT2D eigenvalue weighted by Gasteiger charge is 2.19. The van der Waals surface area contributed by atoms with Gasteiger partial charge in [-0.1, -0.05) is 0 Å². The maximum atomic E-state index is 13.9. The van der Waals surface area contributed by atoms with Crippen LogP contribution in [-0.2, 0) is 6.54 Å². The van der Waals surface area contributed by atoms with Gasteiger partial charge in [-0.2, -0.15) is 9.55 Å². The van der Waals surface area contributed by atoms with Crippen molar-refractivity contribution >= 4 is 27.9 Å². The van der Waals surface area contributed by atoms with Gasteiger partial charge in [0.2, 0.25) is 5.95 Å².